The van der Waals surface area contributed by atoms with Gasteiger partial charge in [0.2, 0.25) is 11.8 Å². The van der Waals surface area contributed by atoms with Gasteiger partial charge in [-0.05, 0) is 51.5 Å². The Bertz CT molecular complexity index is 1130. The Hall–Kier alpha value is -3.30. The second-order valence-corrected chi connectivity index (χ2v) is 7.27. The number of furan rings is 1. The molecule has 0 fully saturated rings. The van der Waals surface area contributed by atoms with Crippen LogP contribution < -0.4 is 5.43 Å². The van der Waals surface area contributed by atoms with Gasteiger partial charge in [0, 0.05) is 27.5 Å². The third-order valence-corrected chi connectivity index (χ3v) is 5.07. The summed E-state index contributed by atoms with van der Waals surface area (Å²) < 4.78 is 7.72. The smallest absolute Gasteiger partial charge is 0.244 e. The zero-order chi connectivity index (χ0) is 21.1. The number of hydrogen-bond donors (Lipinski definition) is 1. The molecule has 1 aromatic carbocycles. The van der Waals surface area contributed by atoms with Crippen LogP contribution in [0.25, 0.3) is 5.88 Å². The van der Waals surface area contributed by atoms with Gasteiger partial charge in [0.1, 0.15) is 17.4 Å². The molecule has 148 valence electrons. The maximum absolute atomic E-state index is 12.1. The number of aromatic nitrogens is 1. The topological polar surface area (TPSA) is 83.3 Å². The molecule has 2 aromatic heterocycles. The molecule has 0 radical (unpaired) electrons. The average Bonchev–Trinajstić information content (AvgIpc) is 3.12. The van der Waals surface area contributed by atoms with E-state index in [1.165, 1.54) is 0 Å². The van der Waals surface area contributed by atoms with Gasteiger partial charge in [-0.25, -0.2) is 5.43 Å². The van der Waals surface area contributed by atoms with Crippen molar-refractivity contribution in [2.45, 2.75) is 34.1 Å². The van der Waals surface area contributed by atoms with Crippen LogP contribution in [0.1, 0.15) is 39.4 Å². The summed E-state index contributed by atoms with van der Waals surface area (Å²) in [7, 11) is 0. The number of carbonyl (C=O) groups is 1. The standard InChI is InChI=1S/C22H21ClN4O2/c1-13-9-18(12-25-26-21(28)10-17-5-7-19(23)8-6-17)15(3)27(13)22-20(11-24)14(2)16(4)29-22/h5-9,12H,10H2,1-4H3,(H,26,28). The Morgan fingerprint density at radius 1 is 1.28 bits per heavy atom. The van der Waals surface area contributed by atoms with Crippen molar-refractivity contribution in [2.75, 3.05) is 0 Å². The first-order chi connectivity index (χ1) is 13.8. The van der Waals surface area contributed by atoms with Gasteiger partial charge in [-0.15, -0.1) is 0 Å². The summed E-state index contributed by atoms with van der Waals surface area (Å²) in [4.78, 5) is 12.1. The maximum Gasteiger partial charge on any atom is 0.244 e. The fourth-order valence-corrected chi connectivity index (χ4v) is 3.26. The van der Waals surface area contributed by atoms with Crippen molar-refractivity contribution < 1.29 is 9.21 Å². The minimum absolute atomic E-state index is 0.212. The van der Waals surface area contributed by atoms with Crippen LogP contribution in [-0.2, 0) is 11.2 Å². The van der Waals surface area contributed by atoms with Crippen molar-refractivity contribution >= 4 is 23.7 Å². The van der Waals surface area contributed by atoms with E-state index in [2.05, 4.69) is 16.6 Å². The Morgan fingerprint density at radius 3 is 2.62 bits per heavy atom. The second kappa shape index (κ2) is 8.38. The molecule has 2 heterocycles. The number of nitrogens with zero attached hydrogens (tertiary/aromatic N) is 3. The molecule has 0 aliphatic heterocycles. The van der Waals surface area contributed by atoms with Crippen LogP contribution >= 0.6 is 11.6 Å². The van der Waals surface area contributed by atoms with Gasteiger partial charge < -0.3 is 4.42 Å². The Balaban J connectivity index is 1.77. The van der Waals surface area contributed by atoms with Crippen LogP contribution in [0.3, 0.4) is 0 Å². The quantitative estimate of drug-likeness (QED) is 0.497. The Kier molecular flexibility index (Phi) is 5.90. The first kappa shape index (κ1) is 20.4. The molecule has 0 spiro atoms. The molecule has 0 unspecified atom stereocenters. The lowest BCUT2D eigenvalue weighted by Crippen LogP contribution is -2.19. The molecule has 1 amide bonds. The molecule has 3 aromatic rings. The number of benzene rings is 1. The van der Waals surface area contributed by atoms with Gasteiger partial charge in [-0.3, -0.25) is 9.36 Å². The highest BCUT2D eigenvalue weighted by atomic mass is 35.5. The molecule has 7 heteroatoms. The third-order valence-electron chi connectivity index (χ3n) is 4.82. The summed E-state index contributed by atoms with van der Waals surface area (Å²) >= 11 is 5.85. The molecular weight excluding hydrogens is 388 g/mol. The van der Waals surface area contributed by atoms with E-state index in [-0.39, 0.29) is 12.3 Å². The number of aryl methyl sites for hydroxylation is 2. The SMILES string of the molecule is Cc1oc(-n2c(C)cc(C=NNC(=O)Cc3ccc(Cl)cc3)c2C)c(C#N)c1C. The number of hydrazone groups is 1. The highest BCUT2D eigenvalue weighted by Gasteiger charge is 2.20. The van der Waals surface area contributed by atoms with Crippen molar-refractivity contribution in [2.24, 2.45) is 5.10 Å². The van der Waals surface area contributed by atoms with Crippen molar-refractivity contribution in [3.63, 3.8) is 0 Å². The number of hydrogen-bond acceptors (Lipinski definition) is 4. The van der Waals surface area contributed by atoms with Gasteiger partial charge >= 0.3 is 0 Å². The largest absolute Gasteiger partial charge is 0.443 e. The molecule has 1 N–H and O–H groups in total. The molecule has 0 atom stereocenters. The summed E-state index contributed by atoms with van der Waals surface area (Å²) in [6.07, 6.45) is 1.80. The van der Waals surface area contributed by atoms with Gasteiger partial charge in [0.25, 0.3) is 0 Å². The highest BCUT2D eigenvalue weighted by Crippen LogP contribution is 2.28. The van der Waals surface area contributed by atoms with E-state index in [9.17, 15) is 10.1 Å². The number of amides is 1. The lowest BCUT2D eigenvalue weighted by Gasteiger charge is -2.06. The van der Waals surface area contributed by atoms with Crippen LogP contribution in [0.15, 0.2) is 39.9 Å². The molecule has 0 aliphatic rings. The fourth-order valence-electron chi connectivity index (χ4n) is 3.13. The summed E-state index contributed by atoms with van der Waals surface area (Å²) in [5.41, 5.74) is 7.34. The van der Waals surface area contributed by atoms with Crippen LogP contribution in [0.2, 0.25) is 5.02 Å². The zero-order valence-electron chi connectivity index (χ0n) is 16.7. The van der Waals surface area contributed by atoms with Gasteiger partial charge in [-0.1, -0.05) is 23.7 Å². The van der Waals surface area contributed by atoms with E-state index in [4.69, 9.17) is 16.0 Å². The van der Waals surface area contributed by atoms with Crippen LogP contribution in [0, 0.1) is 39.0 Å². The molecule has 0 bridgehead atoms. The van der Waals surface area contributed by atoms with E-state index < -0.39 is 0 Å². The van der Waals surface area contributed by atoms with Gasteiger partial charge in [0.15, 0.2) is 0 Å². The normalized spacial score (nSPS) is 11.0. The maximum atomic E-state index is 12.1. The first-order valence-corrected chi connectivity index (χ1v) is 9.45. The van der Waals surface area contributed by atoms with Gasteiger partial charge in [0.05, 0.1) is 12.6 Å². The number of nitrogens with one attached hydrogen (secondary N) is 1. The van der Waals surface area contributed by atoms with Crippen molar-refractivity contribution in [3.8, 4) is 12.0 Å². The lowest BCUT2D eigenvalue weighted by atomic mass is 10.1. The number of halogens is 1. The summed E-state index contributed by atoms with van der Waals surface area (Å²) in [6.45, 7) is 7.55. The predicted octanol–water partition coefficient (Wildman–Crippen LogP) is 4.52. The highest BCUT2D eigenvalue weighted by molar-refractivity contribution is 6.30. The van der Waals surface area contributed by atoms with E-state index in [0.29, 0.717) is 22.2 Å². The Morgan fingerprint density at radius 2 is 1.97 bits per heavy atom. The van der Waals surface area contributed by atoms with E-state index >= 15 is 0 Å². The zero-order valence-corrected chi connectivity index (χ0v) is 17.5. The van der Waals surface area contributed by atoms with Crippen molar-refractivity contribution in [1.82, 2.24) is 9.99 Å². The molecule has 0 aliphatic carbocycles. The summed E-state index contributed by atoms with van der Waals surface area (Å²) in [5.74, 6) is 0.999. The number of nitriles is 1. The fraction of sp³-hybridized carbons (Fsp3) is 0.227. The van der Waals surface area contributed by atoms with E-state index in [1.54, 1.807) is 30.5 Å². The van der Waals surface area contributed by atoms with E-state index in [1.807, 2.05) is 38.3 Å². The third kappa shape index (κ3) is 4.25. The van der Waals surface area contributed by atoms with Crippen molar-refractivity contribution in [3.05, 3.63) is 74.8 Å². The van der Waals surface area contributed by atoms with Gasteiger partial charge in [-0.2, -0.15) is 10.4 Å². The molecule has 0 saturated heterocycles. The molecule has 29 heavy (non-hydrogen) atoms. The van der Waals surface area contributed by atoms with Crippen LogP contribution in [0.4, 0.5) is 0 Å². The summed E-state index contributed by atoms with van der Waals surface area (Å²) in [5, 5.41) is 14.2. The average molecular weight is 409 g/mol. The minimum atomic E-state index is -0.221. The van der Waals surface area contributed by atoms with Crippen molar-refractivity contribution in [1.29, 1.82) is 5.26 Å². The molecule has 3 rings (SSSR count). The number of carbonyl (C=O) groups excluding carboxylic acids is 1. The monoisotopic (exact) mass is 408 g/mol. The summed E-state index contributed by atoms with van der Waals surface area (Å²) in [6, 6.07) is 11.2. The lowest BCUT2D eigenvalue weighted by molar-refractivity contribution is -0.120. The predicted molar refractivity (Wildman–Crippen MR) is 113 cm³/mol. The van der Waals surface area contributed by atoms with Crippen LogP contribution in [-0.4, -0.2) is 16.7 Å². The Labute approximate surface area is 174 Å². The van der Waals surface area contributed by atoms with Crippen LogP contribution in [0.5, 0.6) is 0 Å². The first-order valence-electron chi connectivity index (χ1n) is 9.07. The van der Waals surface area contributed by atoms with E-state index in [0.717, 1.165) is 28.1 Å². The molecule has 6 nitrogen and oxygen atoms in total. The minimum Gasteiger partial charge on any atom is -0.443 e. The second-order valence-electron chi connectivity index (χ2n) is 6.83. The molecule has 0 saturated carbocycles. The molecular formula is C22H21ClN4O2. The number of rotatable bonds is 5.